The second-order valence-corrected chi connectivity index (χ2v) is 4.99. The van der Waals surface area contributed by atoms with Crippen molar-refractivity contribution in [3.8, 4) is 11.5 Å². The molecule has 0 aliphatic rings. The van der Waals surface area contributed by atoms with Crippen LogP contribution < -0.4 is 14.8 Å². The number of carbonyl (C=O) groups is 2. The van der Waals surface area contributed by atoms with Gasteiger partial charge in [0.25, 0.3) is 11.6 Å². The highest BCUT2D eigenvalue weighted by molar-refractivity contribution is 5.96. The van der Waals surface area contributed by atoms with E-state index in [1.54, 1.807) is 12.1 Å². The summed E-state index contributed by atoms with van der Waals surface area (Å²) in [6.45, 7) is -0.559. The molecule has 0 fully saturated rings. The third-order valence-corrected chi connectivity index (χ3v) is 3.33. The van der Waals surface area contributed by atoms with Gasteiger partial charge in [0.2, 0.25) is 0 Å². The first-order valence-electron chi connectivity index (χ1n) is 7.38. The lowest BCUT2D eigenvalue weighted by Gasteiger charge is -2.10. The van der Waals surface area contributed by atoms with Gasteiger partial charge in [-0.25, -0.2) is 4.79 Å². The number of ether oxygens (including phenoxy) is 3. The van der Waals surface area contributed by atoms with Crippen LogP contribution in [0.1, 0.15) is 10.4 Å². The minimum absolute atomic E-state index is 0.104. The van der Waals surface area contributed by atoms with E-state index in [0.29, 0.717) is 5.75 Å². The number of nitro benzene ring substituents is 1. The Morgan fingerprint density at radius 2 is 1.77 bits per heavy atom. The second-order valence-electron chi connectivity index (χ2n) is 4.99. The summed E-state index contributed by atoms with van der Waals surface area (Å²) in [5.74, 6) is -0.526. The van der Waals surface area contributed by atoms with Gasteiger partial charge in [0.1, 0.15) is 11.5 Å². The quantitative estimate of drug-likeness (QED) is 0.458. The van der Waals surface area contributed by atoms with Crippen molar-refractivity contribution in [2.24, 2.45) is 0 Å². The van der Waals surface area contributed by atoms with Gasteiger partial charge in [0, 0.05) is 12.1 Å². The lowest BCUT2D eigenvalue weighted by atomic mass is 10.2. The summed E-state index contributed by atoms with van der Waals surface area (Å²) < 4.78 is 14.9. The molecule has 0 heterocycles. The molecule has 2 aromatic carbocycles. The second kappa shape index (κ2) is 8.47. The summed E-state index contributed by atoms with van der Waals surface area (Å²) in [6.07, 6.45) is 0. The molecular formula is C17H16N2O7. The van der Waals surface area contributed by atoms with Crippen LogP contribution in [0.25, 0.3) is 0 Å². The standard InChI is InChI=1S/C17H16N2O7/c1-24-13-6-3-11(4-7-13)17(21)26-10-16(20)18-14-9-12(19(22)23)5-8-15(14)25-2/h3-9H,10H2,1-2H3,(H,18,20). The fourth-order valence-electron chi connectivity index (χ4n) is 2.04. The van der Waals surface area contributed by atoms with Gasteiger partial charge in [-0.1, -0.05) is 0 Å². The van der Waals surface area contributed by atoms with Crippen LogP contribution in [0.2, 0.25) is 0 Å². The van der Waals surface area contributed by atoms with Crippen LogP contribution in [0.5, 0.6) is 11.5 Å². The Labute approximate surface area is 148 Å². The molecule has 0 atom stereocenters. The van der Waals surface area contributed by atoms with Gasteiger partial charge in [-0.15, -0.1) is 0 Å². The van der Waals surface area contributed by atoms with E-state index >= 15 is 0 Å². The molecule has 1 N–H and O–H groups in total. The van der Waals surface area contributed by atoms with Crippen LogP contribution in [0.3, 0.4) is 0 Å². The molecule has 0 aromatic heterocycles. The zero-order chi connectivity index (χ0) is 19.1. The van der Waals surface area contributed by atoms with E-state index in [1.807, 2.05) is 0 Å². The molecule has 0 unspecified atom stereocenters. The van der Waals surface area contributed by atoms with Crippen LogP contribution >= 0.6 is 0 Å². The number of non-ortho nitro benzene ring substituents is 1. The van der Waals surface area contributed by atoms with Gasteiger partial charge in [-0.05, 0) is 30.3 Å². The molecule has 2 aromatic rings. The molecule has 0 saturated heterocycles. The summed E-state index contributed by atoms with van der Waals surface area (Å²) in [6, 6.07) is 9.94. The number of carbonyl (C=O) groups excluding carboxylic acids is 2. The van der Waals surface area contributed by atoms with E-state index in [0.717, 1.165) is 6.07 Å². The average Bonchev–Trinajstić information content (AvgIpc) is 2.66. The Morgan fingerprint density at radius 3 is 2.35 bits per heavy atom. The summed E-state index contributed by atoms with van der Waals surface area (Å²) in [4.78, 5) is 34.1. The van der Waals surface area contributed by atoms with Gasteiger partial charge in [-0.3, -0.25) is 14.9 Å². The summed E-state index contributed by atoms with van der Waals surface area (Å²) in [5.41, 5.74) is 0.148. The Hall–Kier alpha value is -3.62. The topological polar surface area (TPSA) is 117 Å². The lowest BCUT2D eigenvalue weighted by Crippen LogP contribution is -2.21. The highest BCUT2D eigenvalue weighted by Gasteiger charge is 2.15. The van der Waals surface area contributed by atoms with Crippen LogP contribution in [0.4, 0.5) is 11.4 Å². The fraction of sp³-hybridized carbons (Fsp3) is 0.176. The molecule has 136 valence electrons. The molecule has 9 nitrogen and oxygen atoms in total. The predicted octanol–water partition coefficient (Wildman–Crippen LogP) is 2.41. The third kappa shape index (κ3) is 4.69. The van der Waals surface area contributed by atoms with Crippen molar-refractivity contribution >= 4 is 23.3 Å². The Bertz CT molecular complexity index is 818. The number of anilines is 1. The van der Waals surface area contributed by atoms with Gasteiger partial charge in [0.05, 0.1) is 30.4 Å². The zero-order valence-electron chi connectivity index (χ0n) is 14.1. The highest BCUT2D eigenvalue weighted by atomic mass is 16.6. The SMILES string of the molecule is COc1ccc(C(=O)OCC(=O)Nc2cc([N+](=O)[O-])ccc2OC)cc1. The maximum Gasteiger partial charge on any atom is 0.338 e. The highest BCUT2D eigenvalue weighted by Crippen LogP contribution is 2.28. The molecule has 1 amide bonds. The van der Waals surface area contributed by atoms with E-state index in [2.05, 4.69) is 5.32 Å². The van der Waals surface area contributed by atoms with Gasteiger partial charge < -0.3 is 19.5 Å². The number of benzene rings is 2. The number of nitro groups is 1. The van der Waals surface area contributed by atoms with Crippen molar-refractivity contribution in [1.29, 1.82) is 0 Å². The molecule has 2 rings (SSSR count). The van der Waals surface area contributed by atoms with Gasteiger partial charge in [-0.2, -0.15) is 0 Å². The van der Waals surface area contributed by atoms with Crippen LogP contribution in [0, 0.1) is 10.1 Å². The third-order valence-electron chi connectivity index (χ3n) is 3.33. The summed E-state index contributed by atoms with van der Waals surface area (Å²) >= 11 is 0. The van der Waals surface area contributed by atoms with Gasteiger partial charge in [0.15, 0.2) is 6.61 Å². The summed E-state index contributed by atoms with van der Waals surface area (Å²) in [5, 5.41) is 13.2. The number of nitrogens with one attached hydrogen (secondary N) is 1. The monoisotopic (exact) mass is 360 g/mol. The maximum atomic E-state index is 12.0. The van der Waals surface area contributed by atoms with Crippen molar-refractivity contribution in [3.05, 3.63) is 58.1 Å². The van der Waals surface area contributed by atoms with E-state index in [4.69, 9.17) is 14.2 Å². The molecular weight excluding hydrogens is 344 g/mol. The molecule has 0 radical (unpaired) electrons. The van der Waals surface area contributed by atoms with E-state index in [1.165, 1.54) is 38.5 Å². The minimum Gasteiger partial charge on any atom is -0.497 e. The fourth-order valence-corrected chi connectivity index (χ4v) is 2.04. The van der Waals surface area contributed by atoms with Gasteiger partial charge >= 0.3 is 5.97 Å². The first-order chi connectivity index (χ1) is 12.4. The first kappa shape index (κ1) is 18.7. The Kier molecular flexibility index (Phi) is 6.10. The van der Waals surface area contributed by atoms with Crippen molar-refractivity contribution in [1.82, 2.24) is 0 Å². The number of hydrogen-bond acceptors (Lipinski definition) is 7. The number of methoxy groups -OCH3 is 2. The molecule has 0 spiro atoms. The summed E-state index contributed by atoms with van der Waals surface area (Å²) in [7, 11) is 2.86. The van der Waals surface area contributed by atoms with E-state index in [9.17, 15) is 19.7 Å². The van der Waals surface area contributed by atoms with Crippen molar-refractivity contribution < 1.29 is 28.7 Å². The number of rotatable bonds is 7. The number of amides is 1. The average molecular weight is 360 g/mol. The van der Waals surface area contributed by atoms with E-state index in [-0.39, 0.29) is 22.7 Å². The molecule has 0 saturated carbocycles. The normalized spacial score (nSPS) is 9.92. The Balaban J connectivity index is 1.98. The smallest absolute Gasteiger partial charge is 0.338 e. The number of esters is 1. The van der Waals surface area contributed by atoms with E-state index < -0.39 is 23.4 Å². The molecule has 9 heteroatoms. The zero-order valence-corrected chi connectivity index (χ0v) is 14.1. The molecule has 0 aliphatic carbocycles. The maximum absolute atomic E-state index is 12.0. The van der Waals surface area contributed by atoms with Crippen molar-refractivity contribution in [2.45, 2.75) is 0 Å². The van der Waals surface area contributed by atoms with Crippen LogP contribution in [-0.4, -0.2) is 37.6 Å². The lowest BCUT2D eigenvalue weighted by molar-refractivity contribution is -0.384. The minimum atomic E-state index is -0.686. The first-order valence-corrected chi connectivity index (χ1v) is 7.38. The predicted molar refractivity (Wildman–Crippen MR) is 91.6 cm³/mol. The molecule has 26 heavy (non-hydrogen) atoms. The Morgan fingerprint density at radius 1 is 1.08 bits per heavy atom. The van der Waals surface area contributed by atoms with Crippen molar-refractivity contribution in [3.63, 3.8) is 0 Å². The number of hydrogen-bond donors (Lipinski definition) is 1. The molecule has 0 bridgehead atoms. The largest absolute Gasteiger partial charge is 0.497 e. The molecule has 0 aliphatic heterocycles. The van der Waals surface area contributed by atoms with Crippen molar-refractivity contribution in [2.75, 3.05) is 26.1 Å². The van der Waals surface area contributed by atoms with Crippen LogP contribution in [-0.2, 0) is 9.53 Å². The van der Waals surface area contributed by atoms with Crippen LogP contribution in [0.15, 0.2) is 42.5 Å². The number of nitrogens with zero attached hydrogens (tertiary/aromatic N) is 1.